The molecule has 12 heavy (non-hydrogen) atoms. The van der Waals surface area contributed by atoms with E-state index in [1.54, 1.807) is 7.05 Å². The van der Waals surface area contributed by atoms with Crippen molar-refractivity contribution in [1.29, 1.82) is 0 Å². The molecule has 4 nitrogen and oxygen atoms in total. The average Bonchev–Trinajstić information content (AvgIpc) is 2.23. The molecule has 3 amide bonds. The van der Waals surface area contributed by atoms with Crippen LogP contribution in [0.1, 0.15) is 13.3 Å². The standard InChI is InChI=1S/C7H12N2O2S/c1-3-4-9-5(10)6(12)8(2)7(9)11/h6,12H,3-4H2,1-2H3. The topological polar surface area (TPSA) is 40.6 Å². The van der Waals surface area contributed by atoms with E-state index < -0.39 is 5.37 Å². The molecule has 0 aliphatic carbocycles. The van der Waals surface area contributed by atoms with Crippen LogP contribution in [0.4, 0.5) is 4.79 Å². The van der Waals surface area contributed by atoms with Crippen molar-refractivity contribution < 1.29 is 9.59 Å². The highest BCUT2D eigenvalue weighted by Gasteiger charge is 2.40. The Balaban J connectivity index is 2.76. The molecule has 0 radical (unpaired) electrons. The minimum atomic E-state index is -0.593. The van der Waals surface area contributed by atoms with E-state index in [9.17, 15) is 9.59 Å². The highest BCUT2D eigenvalue weighted by atomic mass is 32.1. The maximum Gasteiger partial charge on any atom is 0.327 e. The third kappa shape index (κ3) is 1.29. The molecule has 0 aromatic heterocycles. The van der Waals surface area contributed by atoms with Crippen LogP contribution < -0.4 is 0 Å². The highest BCUT2D eigenvalue weighted by molar-refractivity contribution is 7.81. The summed E-state index contributed by atoms with van der Waals surface area (Å²) < 4.78 is 0. The Morgan fingerprint density at radius 2 is 2.08 bits per heavy atom. The highest BCUT2D eigenvalue weighted by Crippen LogP contribution is 2.17. The summed E-state index contributed by atoms with van der Waals surface area (Å²) in [6, 6.07) is -0.248. The third-order valence-electron chi connectivity index (χ3n) is 1.83. The first kappa shape index (κ1) is 9.38. The van der Waals surface area contributed by atoms with Gasteiger partial charge in [0.1, 0.15) is 0 Å². The van der Waals surface area contributed by atoms with Gasteiger partial charge < -0.3 is 4.90 Å². The molecule has 5 heteroatoms. The predicted molar refractivity (Wildman–Crippen MR) is 47.9 cm³/mol. The second kappa shape index (κ2) is 3.35. The van der Waals surface area contributed by atoms with Crippen LogP contribution in [-0.2, 0) is 4.79 Å². The maximum atomic E-state index is 11.3. The lowest BCUT2D eigenvalue weighted by molar-refractivity contribution is -0.126. The molecule has 0 bridgehead atoms. The van der Waals surface area contributed by atoms with Gasteiger partial charge in [0.2, 0.25) is 0 Å². The van der Waals surface area contributed by atoms with Gasteiger partial charge >= 0.3 is 6.03 Å². The number of rotatable bonds is 2. The van der Waals surface area contributed by atoms with Crippen LogP contribution in [0.5, 0.6) is 0 Å². The molecule has 1 rings (SSSR count). The Bertz CT molecular complexity index is 199. The molecule has 1 heterocycles. The van der Waals surface area contributed by atoms with Gasteiger partial charge in [-0.15, -0.1) is 12.6 Å². The zero-order valence-corrected chi connectivity index (χ0v) is 8.04. The van der Waals surface area contributed by atoms with Crippen molar-refractivity contribution in [2.24, 2.45) is 0 Å². The number of carbonyl (C=O) groups excluding carboxylic acids is 2. The Labute approximate surface area is 76.9 Å². The van der Waals surface area contributed by atoms with Crippen molar-refractivity contribution in [1.82, 2.24) is 9.80 Å². The molecule has 0 N–H and O–H groups in total. The number of amides is 3. The van der Waals surface area contributed by atoms with Gasteiger partial charge in [0.05, 0.1) is 0 Å². The van der Waals surface area contributed by atoms with Gasteiger partial charge in [0, 0.05) is 13.6 Å². The van der Waals surface area contributed by atoms with Crippen molar-refractivity contribution in [2.75, 3.05) is 13.6 Å². The van der Waals surface area contributed by atoms with Gasteiger partial charge in [-0.2, -0.15) is 0 Å². The van der Waals surface area contributed by atoms with E-state index in [0.717, 1.165) is 6.42 Å². The van der Waals surface area contributed by atoms with E-state index in [4.69, 9.17) is 0 Å². The number of hydrogen-bond donors (Lipinski definition) is 1. The van der Waals surface area contributed by atoms with Gasteiger partial charge in [0.25, 0.3) is 5.91 Å². The number of carbonyl (C=O) groups is 2. The van der Waals surface area contributed by atoms with Gasteiger partial charge in [-0.1, -0.05) is 6.92 Å². The summed E-state index contributed by atoms with van der Waals surface area (Å²) in [6.07, 6.45) is 0.784. The quantitative estimate of drug-likeness (QED) is 0.508. The van der Waals surface area contributed by atoms with Gasteiger partial charge in [0.15, 0.2) is 5.37 Å². The first-order chi connectivity index (χ1) is 5.59. The SMILES string of the molecule is CCCN1C(=O)C(S)N(C)C1=O. The predicted octanol–water partition coefficient (Wildman–Crippen LogP) is 0.546. The number of likely N-dealkylation sites (N-methyl/N-ethyl adjacent to an activating group) is 1. The minimum Gasteiger partial charge on any atom is -0.307 e. The van der Waals surface area contributed by atoms with Crippen molar-refractivity contribution in [3.05, 3.63) is 0 Å². The van der Waals surface area contributed by atoms with Crippen LogP contribution >= 0.6 is 12.6 Å². The number of urea groups is 1. The molecule has 0 spiro atoms. The maximum absolute atomic E-state index is 11.3. The lowest BCUT2D eigenvalue weighted by Gasteiger charge is -2.11. The Kier molecular flexibility index (Phi) is 2.62. The van der Waals surface area contributed by atoms with E-state index in [0.29, 0.717) is 6.54 Å². The summed E-state index contributed by atoms with van der Waals surface area (Å²) >= 11 is 4.01. The van der Waals surface area contributed by atoms with Crippen molar-refractivity contribution in [2.45, 2.75) is 18.7 Å². The second-order valence-corrected chi connectivity index (χ2v) is 3.25. The lowest BCUT2D eigenvalue weighted by Crippen LogP contribution is -2.32. The molecule has 1 atom stereocenters. The normalized spacial score (nSPS) is 24.1. The minimum absolute atomic E-state index is 0.215. The molecule has 1 unspecified atom stereocenters. The van der Waals surface area contributed by atoms with Crippen LogP contribution in [0.25, 0.3) is 0 Å². The molecule has 0 aromatic carbocycles. The largest absolute Gasteiger partial charge is 0.327 e. The van der Waals surface area contributed by atoms with Crippen molar-refractivity contribution in [3.8, 4) is 0 Å². The average molecular weight is 188 g/mol. The lowest BCUT2D eigenvalue weighted by atomic mass is 10.4. The van der Waals surface area contributed by atoms with E-state index in [-0.39, 0.29) is 11.9 Å². The van der Waals surface area contributed by atoms with E-state index in [1.165, 1.54) is 9.80 Å². The molecular formula is C7H12N2O2S. The number of hydrogen-bond acceptors (Lipinski definition) is 3. The number of nitrogens with zero attached hydrogens (tertiary/aromatic N) is 2. The van der Waals surface area contributed by atoms with Crippen LogP contribution in [0, 0.1) is 0 Å². The van der Waals surface area contributed by atoms with Crippen LogP contribution in [0.15, 0.2) is 0 Å². The third-order valence-corrected chi connectivity index (χ3v) is 2.40. The van der Waals surface area contributed by atoms with Gasteiger partial charge in [-0.3, -0.25) is 9.69 Å². The van der Waals surface area contributed by atoms with Crippen LogP contribution in [-0.4, -0.2) is 40.7 Å². The Morgan fingerprint density at radius 1 is 1.50 bits per heavy atom. The Hall–Kier alpha value is -0.710. The van der Waals surface area contributed by atoms with Gasteiger partial charge in [-0.25, -0.2) is 4.79 Å². The second-order valence-electron chi connectivity index (χ2n) is 2.76. The van der Waals surface area contributed by atoms with Crippen molar-refractivity contribution in [3.63, 3.8) is 0 Å². The summed E-state index contributed by atoms with van der Waals surface area (Å²) in [5.74, 6) is -0.215. The summed E-state index contributed by atoms with van der Waals surface area (Å²) in [7, 11) is 1.58. The molecule has 0 aromatic rings. The molecule has 0 saturated carbocycles. The zero-order chi connectivity index (χ0) is 9.30. The zero-order valence-electron chi connectivity index (χ0n) is 7.15. The smallest absolute Gasteiger partial charge is 0.307 e. The fraction of sp³-hybridized carbons (Fsp3) is 0.714. The van der Waals surface area contributed by atoms with E-state index in [1.807, 2.05) is 6.92 Å². The number of thiol groups is 1. The molecule has 1 aliphatic rings. The molecule has 68 valence electrons. The Morgan fingerprint density at radius 3 is 2.42 bits per heavy atom. The summed E-state index contributed by atoms with van der Waals surface area (Å²) in [4.78, 5) is 25.2. The molecular weight excluding hydrogens is 176 g/mol. The van der Waals surface area contributed by atoms with Crippen LogP contribution in [0.2, 0.25) is 0 Å². The molecule has 1 saturated heterocycles. The monoisotopic (exact) mass is 188 g/mol. The van der Waals surface area contributed by atoms with Crippen LogP contribution in [0.3, 0.4) is 0 Å². The fourth-order valence-corrected chi connectivity index (χ4v) is 1.36. The summed E-state index contributed by atoms with van der Waals surface area (Å²) in [6.45, 7) is 2.41. The first-order valence-corrected chi connectivity index (χ1v) is 4.37. The molecule has 1 aliphatic heterocycles. The summed E-state index contributed by atoms with van der Waals surface area (Å²) in [5.41, 5.74) is 0. The molecule has 1 fully saturated rings. The summed E-state index contributed by atoms with van der Waals surface area (Å²) in [5, 5.41) is -0.593. The van der Waals surface area contributed by atoms with E-state index in [2.05, 4.69) is 12.6 Å². The van der Waals surface area contributed by atoms with E-state index >= 15 is 0 Å². The van der Waals surface area contributed by atoms with Gasteiger partial charge in [-0.05, 0) is 6.42 Å². The fourth-order valence-electron chi connectivity index (χ4n) is 1.12. The first-order valence-electron chi connectivity index (χ1n) is 3.85. The number of imide groups is 1. The van der Waals surface area contributed by atoms with Crippen molar-refractivity contribution >= 4 is 24.6 Å².